The summed E-state index contributed by atoms with van der Waals surface area (Å²) < 4.78 is 27.8. The van der Waals surface area contributed by atoms with E-state index in [1.54, 1.807) is 10.4 Å². The normalized spacial score (nSPS) is 16.6. The predicted octanol–water partition coefficient (Wildman–Crippen LogP) is 2.06. The second kappa shape index (κ2) is 8.97. The molecule has 0 aliphatic carbocycles. The highest BCUT2D eigenvalue weighted by Gasteiger charge is 2.30. The maximum absolute atomic E-state index is 13.1. The first kappa shape index (κ1) is 20.9. The summed E-state index contributed by atoms with van der Waals surface area (Å²) in [6, 6.07) is 3.29. The lowest BCUT2D eigenvalue weighted by atomic mass is 10.0. The topological polar surface area (TPSA) is 78.5 Å². The summed E-state index contributed by atoms with van der Waals surface area (Å²) in [7, 11) is -1.72. The van der Waals surface area contributed by atoms with Crippen LogP contribution in [0.25, 0.3) is 0 Å². The van der Waals surface area contributed by atoms with E-state index in [0.717, 1.165) is 36.9 Å². The number of benzene rings is 1. The smallest absolute Gasteiger partial charge is 0.251 e. The number of carbonyl (C=O) groups is 1. The third kappa shape index (κ3) is 4.84. The SMILES string of the molecule is CNCCCNC(=O)c1cc(C)c(C)c(S(=O)(=O)N2CCC(C)CC2)c1. The molecule has 0 atom stereocenters. The Labute approximate surface area is 157 Å². The van der Waals surface area contributed by atoms with E-state index in [4.69, 9.17) is 0 Å². The fourth-order valence-corrected chi connectivity index (χ4v) is 4.95. The van der Waals surface area contributed by atoms with Gasteiger partial charge in [-0.05, 0) is 75.9 Å². The van der Waals surface area contributed by atoms with E-state index in [0.29, 0.717) is 31.1 Å². The van der Waals surface area contributed by atoms with Gasteiger partial charge in [0.05, 0.1) is 4.90 Å². The lowest BCUT2D eigenvalue weighted by Gasteiger charge is -2.30. The maximum atomic E-state index is 13.1. The number of hydrogen-bond acceptors (Lipinski definition) is 4. The first-order valence-electron chi connectivity index (χ1n) is 9.31. The Bertz CT molecular complexity index is 739. The zero-order valence-corrected chi connectivity index (χ0v) is 17.1. The molecular formula is C19H31N3O3S. The van der Waals surface area contributed by atoms with Crippen LogP contribution in [-0.2, 0) is 10.0 Å². The monoisotopic (exact) mass is 381 g/mol. The molecule has 1 aliphatic heterocycles. The van der Waals surface area contributed by atoms with Crippen molar-refractivity contribution in [3.63, 3.8) is 0 Å². The number of aryl methyl sites for hydroxylation is 1. The van der Waals surface area contributed by atoms with E-state index < -0.39 is 10.0 Å². The van der Waals surface area contributed by atoms with Crippen LogP contribution in [0.5, 0.6) is 0 Å². The highest BCUT2D eigenvalue weighted by molar-refractivity contribution is 7.89. The van der Waals surface area contributed by atoms with Gasteiger partial charge in [-0.2, -0.15) is 4.31 Å². The molecule has 1 saturated heterocycles. The maximum Gasteiger partial charge on any atom is 0.251 e. The third-order valence-corrected chi connectivity index (χ3v) is 7.16. The van der Waals surface area contributed by atoms with Crippen molar-refractivity contribution in [3.8, 4) is 0 Å². The Morgan fingerprint density at radius 3 is 2.46 bits per heavy atom. The number of nitrogens with zero attached hydrogens (tertiary/aromatic N) is 1. The number of sulfonamides is 1. The molecule has 1 aromatic rings. The summed E-state index contributed by atoms with van der Waals surface area (Å²) >= 11 is 0. The molecule has 0 aromatic heterocycles. The van der Waals surface area contributed by atoms with Gasteiger partial charge in [0, 0.05) is 25.2 Å². The Hall–Kier alpha value is -1.44. The van der Waals surface area contributed by atoms with Crippen LogP contribution in [0.4, 0.5) is 0 Å². The average molecular weight is 382 g/mol. The Balaban J connectivity index is 2.25. The lowest BCUT2D eigenvalue weighted by Crippen LogP contribution is -2.38. The number of nitrogens with one attached hydrogen (secondary N) is 2. The van der Waals surface area contributed by atoms with Crippen LogP contribution in [0.15, 0.2) is 17.0 Å². The molecular weight excluding hydrogens is 350 g/mol. The molecule has 0 bridgehead atoms. The number of piperidine rings is 1. The standard InChI is InChI=1S/C19H31N3O3S/c1-14-6-10-22(11-7-14)26(24,25)18-13-17(12-15(2)16(18)3)19(23)21-9-5-8-20-4/h12-14,20H,5-11H2,1-4H3,(H,21,23). The van der Waals surface area contributed by atoms with Gasteiger partial charge in [0.2, 0.25) is 10.0 Å². The molecule has 26 heavy (non-hydrogen) atoms. The average Bonchev–Trinajstić information content (AvgIpc) is 2.61. The number of rotatable bonds is 7. The van der Waals surface area contributed by atoms with Gasteiger partial charge in [0.15, 0.2) is 0 Å². The fraction of sp³-hybridized carbons (Fsp3) is 0.632. The number of carbonyl (C=O) groups excluding carboxylic acids is 1. The van der Waals surface area contributed by atoms with E-state index in [2.05, 4.69) is 17.6 Å². The molecule has 0 spiro atoms. The molecule has 1 aliphatic rings. The lowest BCUT2D eigenvalue weighted by molar-refractivity contribution is 0.0953. The van der Waals surface area contributed by atoms with Crippen LogP contribution in [0.2, 0.25) is 0 Å². The summed E-state index contributed by atoms with van der Waals surface area (Å²) in [5.41, 5.74) is 1.94. The van der Waals surface area contributed by atoms with Crippen LogP contribution in [0.1, 0.15) is 47.7 Å². The summed E-state index contributed by atoms with van der Waals surface area (Å²) in [6.07, 6.45) is 2.58. The second-order valence-corrected chi connectivity index (χ2v) is 9.12. The molecule has 0 radical (unpaired) electrons. The summed E-state index contributed by atoms with van der Waals surface area (Å²) in [5.74, 6) is 0.326. The molecule has 146 valence electrons. The molecule has 2 N–H and O–H groups in total. The minimum Gasteiger partial charge on any atom is -0.352 e. The zero-order valence-electron chi connectivity index (χ0n) is 16.3. The second-order valence-electron chi connectivity index (χ2n) is 7.22. The van der Waals surface area contributed by atoms with Crippen molar-refractivity contribution in [1.29, 1.82) is 0 Å². The van der Waals surface area contributed by atoms with Gasteiger partial charge < -0.3 is 10.6 Å². The molecule has 2 rings (SSSR count). The van der Waals surface area contributed by atoms with Gasteiger partial charge in [-0.3, -0.25) is 4.79 Å². The van der Waals surface area contributed by atoms with Crippen molar-refractivity contribution < 1.29 is 13.2 Å². The van der Waals surface area contributed by atoms with Gasteiger partial charge in [-0.15, -0.1) is 0 Å². The van der Waals surface area contributed by atoms with Gasteiger partial charge in [0.1, 0.15) is 0 Å². The van der Waals surface area contributed by atoms with E-state index in [9.17, 15) is 13.2 Å². The molecule has 1 aromatic carbocycles. The van der Waals surface area contributed by atoms with Crippen LogP contribution in [0, 0.1) is 19.8 Å². The van der Waals surface area contributed by atoms with E-state index in [1.165, 1.54) is 6.07 Å². The minimum absolute atomic E-state index is 0.229. The van der Waals surface area contributed by atoms with Crippen molar-refractivity contribution in [2.45, 2.75) is 44.9 Å². The van der Waals surface area contributed by atoms with Gasteiger partial charge in [-0.1, -0.05) is 6.92 Å². The first-order chi connectivity index (χ1) is 12.3. The highest BCUT2D eigenvalue weighted by atomic mass is 32.2. The van der Waals surface area contributed by atoms with Gasteiger partial charge in [0.25, 0.3) is 5.91 Å². The predicted molar refractivity (Wildman–Crippen MR) is 104 cm³/mol. The van der Waals surface area contributed by atoms with Crippen molar-refractivity contribution in [2.24, 2.45) is 5.92 Å². The summed E-state index contributed by atoms with van der Waals surface area (Å²) in [6.45, 7) is 8.27. The third-order valence-electron chi connectivity index (χ3n) is 5.13. The zero-order chi connectivity index (χ0) is 19.3. The van der Waals surface area contributed by atoms with Gasteiger partial charge in [-0.25, -0.2) is 8.42 Å². The quantitative estimate of drug-likeness (QED) is 0.709. The van der Waals surface area contributed by atoms with Crippen LogP contribution >= 0.6 is 0 Å². The fourth-order valence-electron chi connectivity index (χ4n) is 3.16. The largest absolute Gasteiger partial charge is 0.352 e. The Kier molecular flexibility index (Phi) is 7.20. The van der Waals surface area contributed by atoms with E-state index in [-0.39, 0.29) is 10.8 Å². The van der Waals surface area contributed by atoms with E-state index >= 15 is 0 Å². The Morgan fingerprint density at radius 1 is 1.19 bits per heavy atom. The molecule has 6 nitrogen and oxygen atoms in total. The molecule has 7 heteroatoms. The van der Waals surface area contributed by atoms with Crippen molar-refractivity contribution >= 4 is 15.9 Å². The Morgan fingerprint density at radius 2 is 1.85 bits per heavy atom. The van der Waals surface area contributed by atoms with Crippen molar-refractivity contribution in [1.82, 2.24) is 14.9 Å². The number of hydrogen-bond donors (Lipinski definition) is 2. The molecule has 0 unspecified atom stereocenters. The summed E-state index contributed by atoms with van der Waals surface area (Å²) in [4.78, 5) is 12.7. The number of amides is 1. The van der Waals surface area contributed by atoms with Crippen molar-refractivity contribution in [3.05, 3.63) is 28.8 Å². The molecule has 1 heterocycles. The molecule has 1 fully saturated rings. The molecule has 0 saturated carbocycles. The van der Waals surface area contributed by atoms with Crippen LogP contribution < -0.4 is 10.6 Å². The summed E-state index contributed by atoms with van der Waals surface area (Å²) in [5, 5.41) is 5.89. The van der Waals surface area contributed by atoms with Crippen molar-refractivity contribution in [2.75, 3.05) is 33.2 Å². The van der Waals surface area contributed by atoms with Crippen LogP contribution in [-0.4, -0.2) is 51.9 Å². The first-order valence-corrected chi connectivity index (χ1v) is 10.8. The van der Waals surface area contributed by atoms with E-state index in [1.807, 2.05) is 20.9 Å². The highest BCUT2D eigenvalue weighted by Crippen LogP contribution is 2.28. The van der Waals surface area contributed by atoms with Gasteiger partial charge >= 0.3 is 0 Å². The van der Waals surface area contributed by atoms with Crippen LogP contribution in [0.3, 0.4) is 0 Å². The molecule has 1 amide bonds. The minimum atomic E-state index is -3.58.